The summed E-state index contributed by atoms with van der Waals surface area (Å²) in [7, 11) is 1.62. The predicted octanol–water partition coefficient (Wildman–Crippen LogP) is 5.55. The minimum atomic E-state index is -0.731. The second-order valence-corrected chi connectivity index (χ2v) is 8.24. The zero-order valence-electron chi connectivity index (χ0n) is 15.4. The molecule has 0 unspecified atom stereocenters. The lowest BCUT2D eigenvalue weighted by molar-refractivity contribution is -0.132. The first kappa shape index (κ1) is 19.0. The Bertz CT molecular complexity index is 1010. The number of anilines is 1. The van der Waals surface area contributed by atoms with E-state index in [1.807, 2.05) is 67.6 Å². The molecule has 1 fully saturated rings. The number of ether oxygens (including phenoxy) is 1. The second kappa shape index (κ2) is 7.22. The van der Waals surface area contributed by atoms with Crippen molar-refractivity contribution in [3.63, 3.8) is 0 Å². The highest BCUT2D eigenvalue weighted by atomic mass is 79.9. The molecule has 2 aromatic carbocycles. The lowest BCUT2D eigenvalue weighted by atomic mass is 9.65. The van der Waals surface area contributed by atoms with Crippen molar-refractivity contribution < 1.29 is 9.53 Å². The van der Waals surface area contributed by atoms with Gasteiger partial charge < -0.3 is 9.64 Å². The van der Waals surface area contributed by atoms with Gasteiger partial charge in [-0.25, -0.2) is 0 Å². The van der Waals surface area contributed by atoms with Crippen molar-refractivity contribution in [2.45, 2.75) is 18.4 Å². The third kappa shape index (κ3) is 2.99. The molecule has 1 amide bonds. The van der Waals surface area contributed by atoms with Crippen LogP contribution in [-0.2, 0) is 10.2 Å². The summed E-state index contributed by atoms with van der Waals surface area (Å²) in [6, 6.07) is 18.6. The summed E-state index contributed by atoms with van der Waals surface area (Å²) in [4.78, 5) is 19.8. The van der Waals surface area contributed by atoms with Crippen LogP contribution in [0.3, 0.4) is 0 Å². The fourth-order valence-corrected chi connectivity index (χ4v) is 4.10. The summed E-state index contributed by atoms with van der Waals surface area (Å²) in [5.74, 6) is 0.769. The molecule has 4 rings (SSSR count). The van der Waals surface area contributed by atoms with Gasteiger partial charge in [0, 0.05) is 21.4 Å². The van der Waals surface area contributed by atoms with Gasteiger partial charge in [-0.15, -0.1) is 0 Å². The van der Waals surface area contributed by atoms with E-state index in [2.05, 4.69) is 20.9 Å². The molecule has 1 saturated heterocycles. The van der Waals surface area contributed by atoms with Crippen LogP contribution in [-0.4, -0.2) is 18.0 Å². The highest BCUT2D eigenvalue weighted by Crippen LogP contribution is 2.53. The molecule has 6 heteroatoms. The van der Waals surface area contributed by atoms with Crippen LogP contribution in [0.25, 0.3) is 0 Å². The van der Waals surface area contributed by atoms with Crippen molar-refractivity contribution in [2.24, 2.45) is 0 Å². The van der Waals surface area contributed by atoms with Crippen LogP contribution in [0, 0.1) is 0 Å². The number of benzene rings is 2. The third-order valence-electron chi connectivity index (χ3n) is 5.29. The molecule has 0 spiro atoms. The largest absolute Gasteiger partial charge is 0.497 e. The number of halogens is 2. The highest BCUT2D eigenvalue weighted by Gasteiger charge is 2.60. The minimum absolute atomic E-state index is 0.0229. The van der Waals surface area contributed by atoms with Gasteiger partial charge in [-0.05, 0) is 76.9 Å². The molecule has 28 heavy (non-hydrogen) atoms. The first-order chi connectivity index (χ1) is 13.4. The van der Waals surface area contributed by atoms with Crippen molar-refractivity contribution in [1.82, 2.24) is 4.98 Å². The van der Waals surface area contributed by atoms with E-state index < -0.39 is 5.41 Å². The molecule has 0 saturated carbocycles. The molecular formula is C22H18BrClN2O2. The van der Waals surface area contributed by atoms with Crippen LogP contribution in [0.1, 0.15) is 24.2 Å². The summed E-state index contributed by atoms with van der Waals surface area (Å²) in [6.45, 7) is 1.97. The third-order valence-corrected chi connectivity index (χ3v) is 6.01. The summed E-state index contributed by atoms with van der Waals surface area (Å²) >= 11 is 9.49. The Morgan fingerprint density at radius 2 is 1.75 bits per heavy atom. The SMILES string of the molecule is COc1ccc(N2C(=O)[C@@](C)(c3ccc(Cl)cc3)[C@@H]2c2ccc(Br)cn2)cc1. The van der Waals surface area contributed by atoms with Crippen LogP contribution >= 0.6 is 27.5 Å². The van der Waals surface area contributed by atoms with E-state index >= 15 is 0 Å². The Kier molecular flexibility index (Phi) is 4.89. The maximum atomic E-state index is 13.4. The fraction of sp³-hybridized carbons (Fsp3) is 0.182. The number of pyridine rings is 1. The average Bonchev–Trinajstić information content (AvgIpc) is 2.72. The molecule has 0 N–H and O–H groups in total. The molecule has 1 aliphatic heterocycles. The maximum absolute atomic E-state index is 13.4. The normalized spacial score (nSPS) is 21.4. The smallest absolute Gasteiger partial charge is 0.240 e. The number of carbonyl (C=O) groups excluding carboxylic acids is 1. The fourth-order valence-electron chi connectivity index (χ4n) is 3.74. The number of hydrogen-bond acceptors (Lipinski definition) is 3. The van der Waals surface area contributed by atoms with E-state index in [4.69, 9.17) is 16.3 Å². The molecule has 0 bridgehead atoms. The number of β-lactam (4-membered cyclic amide) rings is 1. The summed E-state index contributed by atoms with van der Waals surface area (Å²) in [6.07, 6.45) is 1.76. The zero-order valence-corrected chi connectivity index (χ0v) is 17.7. The summed E-state index contributed by atoms with van der Waals surface area (Å²) < 4.78 is 6.13. The van der Waals surface area contributed by atoms with E-state index in [-0.39, 0.29) is 11.9 Å². The lowest BCUT2D eigenvalue weighted by Gasteiger charge is -2.54. The molecule has 142 valence electrons. The van der Waals surface area contributed by atoms with Crippen LogP contribution < -0.4 is 9.64 Å². The Morgan fingerprint density at radius 3 is 2.32 bits per heavy atom. The van der Waals surface area contributed by atoms with E-state index in [0.717, 1.165) is 27.2 Å². The average molecular weight is 458 g/mol. The summed E-state index contributed by atoms with van der Waals surface area (Å²) in [5, 5.41) is 0.643. The topological polar surface area (TPSA) is 42.4 Å². The Balaban J connectivity index is 1.81. The van der Waals surface area contributed by atoms with Gasteiger partial charge in [0.25, 0.3) is 0 Å². The second-order valence-electron chi connectivity index (χ2n) is 6.89. The summed E-state index contributed by atoms with van der Waals surface area (Å²) in [5.41, 5.74) is 1.83. The van der Waals surface area contributed by atoms with Gasteiger partial charge in [0.05, 0.1) is 24.3 Å². The zero-order chi connectivity index (χ0) is 19.9. The molecule has 2 heterocycles. The Labute approximate surface area is 177 Å². The van der Waals surface area contributed by atoms with E-state index in [1.165, 1.54) is 0 Å². The number of amides is 1. The van der Waals surface area contributed by atoms with Crippen molar-refractivity contribution in [3.8, 4) is 5.75 Å². The lowest BCUT2D eigenvalue weighted by Crippen LogP contribution is -2.65. The van der Waals surface area contributed by atoms with Crippen molar-refractivity contribution >= 4 is 39.1 Å². The number of nitrogens with zero attached hydrogens (tertiary/aromatic N) is 2. The van der Waals surface area contributed by atoms with Gasteiger partial charge in [-0.1, -0.05) is 23.7 Å². The van der Waals surface area contributed by atoms with Crippen LogP contribution in [0.2, 0.25) is 5.02 Å². The number of hydrogen-bond donors (Lipinski definition) is 0. The van der Waals surface area contributed by atoms with Crippen LogP contribution in [0.5, 0.6) is 5.75 Å². The molecule has 1 aliphatic rings. The van der Waals surface area contributed by atoms with Gasteiger partial charge in [-0.2, -0.15) is 0 Å². The van der Waals surface area contributed by atoms with E-state index in [9.17, 15) is 4.79 Å². The van der Waals surface area contributed by atoms with E-state index in [0.29, 0.717) is 5.02 Å². The number of carbonyl (C=O) groups is 1. The van der Waals surface area contributed by atoms with E-state index in [1.54, 1.807) is 18.2 Å². The first-order valence-electron chi connectivity index (χ1n) is 8.80. The van der Waals surface area contributed by atoms with Gasteiger partial charge >= 0.3 is 0 Å². The molecule has 0 aliphatic carbocycles. The van der Waals surface area contributed by atoms with Gasteiger partial charge in [0.2, 0.25) is 5.91 Å². The molecule has 3 aromatic rings. The van der Waals surface area contributed by atoms with Gasteiger partial charge in [0.1, 0.15) is 5.75 Å². The number of rotatable bonds is 4. The predicted molar refractivity (Wildman–Crippen MR) is 114 cm³/mol. The Morgan fingerprint density at radius 1 is 1.07 bits per heavy atom. The number of aromatic nitrogens is 1. The van der Waals surface area contributed by atoms with Crippen molar-refractivity contribution in [2.75, 3.05) is 12.0 Å². The van der Waals surface area contributed by atoms with Crippen molar-refractivity contribution in [1.29, 1.82) is 0 Å². The molecular weight excluding hydrogens is 440 g/mol. The minimum Gasteiger partial charge on any atom is -0.497 e. The van der Waals surface area contributed by atoms with Crippen LogP contribution in [0.4, 0.5) is 5.69 Å². The Hall–Kier alpha value is -2.37. The van der Waals surface area contributed by atoms with Crippen molar-refractivity contribution in [3.05, 3.63) is 87.6 Å². The quantitative estimate of drug-likeness (QED) is 0.482. The highest BCUT2D eigenvalue weighted by molar-refractivity contribution is 9.10. The first-order valence-corrected chi connectivity index (χ1v) is 9.97. The molecule has 4 nitrogen and oxygen atoms in total. The van der Waals surface area contributed by atoms with Gasteiger partial charge in [0.15, 0.2) is 0 Å². The van der Waals surface area contributed by atoms with Gasteiger partial charge in [-0.3, -0.25) is 9.78 Å². The molecule has 1 aromatic heterocycles. The number of methoxy groups -OCH3 is 1. The van der Waals surface area contributed by atoms with Crippen LogP contribution in [0.15, 0.2) is 71.3 Å². The monoisotopic (exact) mass is 456 g/mol. The molecule has 2 atom stereocenters. The molecule has 0 radical (unpaired) electrons. The standard InChI is InChI=1S/C22H18BrClN2O2/c1-22(14-3-6-16(24)7-4-14)20(19-12-5-15(23)13-25-19)26(21(22)27)17-8-10-18(28-2)11-9-17/h3-13,20H,1-2H3/t20-,22-/m0/s1. The maximum Gasteiger partial charge on any atom is 0.240 e.